The predicted octanol–water partition coefficient (Wildman–Crippen LogP) is 1.04. The van der Waals surface area contributed by atoms with Gasteiger partial charge in [-0.2, -0.15) is 0 Å². The van der Waals surface area contributed by atoms with Crippen molar-refractivity contribution < 1.29 is 13.2 Å². The van der Waals surface area contributed by atoms with E-state index in [0.717, 1.165) is 24.2 Å². The van der Waals surface area contributed by atoms with Gasteiger partial charge in [0.2, 0.25) is 0 Å². The van der Waals surface area contributed by atoms with E-state index in [2.05, 4.69) is 5.43 Å². The number of nitrogens with two attached hydrogens (primary N) is 1. The molecule has 3 N–H and O–H groups in total. The Kier molecular flexibility index (Phi) is 5.01. The van der Waals surface area contributed by atoms with Gasteiger partial charge in [-0.1, -0.05) is 18.6 Å². The molecule has 1 aliphatic heterocycles. The van der Waals surface area contributed by atoms with Crippen LogP contribution in [-0.4, -0.2) is 32.6 Å². The number of hydrogen-bond acceptors (Lipinski definition) is 5. The first-order chi connectivity index (χ1) is 9.56. The Morgan fingerprint density at radius 3 is 2.90 bits per heavy atom. The molecule has 0 bridgehead atoms. The summed E-state index contributed by atoms with van der Waals surface area (Å²) >= 11 is 0. The highest BCUT2D eigenvalue weighted by atomic mass is 32.2. The quantitative estimate of drug-likeness (QED) is 0.627. The Morgan fingerprint density at radius 2 is 2.25 bits per heavy atom. The van der Waals surface area contributed by atoms with Gasteiger partial charge in [0.1, 0.15) is 5.75 Å². The molecule has 0 aromatic heterocycles. The average Bonchev–Trinajstić information content (AvgIpc) is 2.45. The number of ether oxygens (including phenoxy) is 1. The van der Waals surface area contributed by atoms with Gasteiger partial charge >= 0.3 is 0 Å². The van der Waals surface area contributed by atoms with Gasteiger partial charge < -0.3 is 4.74 Å². The maximum atomic E-state index is 12.2. The monoisotopic (exact) mass is 298 g/mol. The van der Waals surface area contributed by atoms with E-state index in [1.165, 1.54) is 0 Å². The number of methoxy groups -OCH3 is 1. The lowest BCUT2D eigenvalue weighted by atomic mass is 10.00. The van der Waals surface area contributed by atoms with Crippen molar-refractivity contribution in [2.45, 2.75) is 37.0 Å². The van der Waals surface area contributed by atoms with E-state index in [-0.39, 0.29) is 11.8 Å². The Morgan fingerprint density at radius 1 is 1.45 bits per heavy atom. The largest absolute Gasteiger partial charge is 0.497 e. The molecule has 1 fully saturated rings. The summed E-state index contributed by atoms with van der Waals surface area (Å²) in [5.41, 5.74) is 3.71. The molecule has 5 nitrogen and oxygen atoms in total. The van der Waals surface area contributed by atoms with Crippen molar-refractivity contribution in [1.82, 2.24) is 5.43 Å². The highest BCUT2D eigenvalue weighted by Gasteiger charge is 2.35. The fourth-order valence-electron chi connectivity index (χ4n) is 2.78. The molecule has 0 spiro atoms. The van der Waals surface area contributed by atoms with Crippen LogP contribution in [-0.2, 0) is 16.3 Å². The second-order valence-corrected chi connectivity index (χ2v) is 7.57. The summed E-state index contributed by atoms with van der Waals surface area (Å²) in [4.78, 5) is 0. The number of nitrogens with one attached hydrogen (secondary N) is 1. The van der Waals surface area contributed by atoms with E-state index in [4.69, 9.17) is 10.6 Å². The van der Waals surface area contributed by atoms with Crippen molar-refractivity contribution in [3.05, 3.63) is 29.8 Å². The average molecular weight is 298 g/mol. The van der Waals surface area contributed by atoms with E-state index >= 15 is 0 Å². The third-order valence-electron chi connectivity index (χ3n) is 3.88. The van der Waals surface area contributed by atoms with Crippen LogP contribution in [0.1, 0.15) is 24.8 Å². The summed E-state index contributed by atoms with van der Waals surface area (Å²) in [6.07, 6.45) is 2.97. The summed E-state index contributed by atoms with van der Waals surface area (Å²) in [6, 6.07) is 7.39. The van der Waals surface area contributed by atoms with Crippen molar-refractivity contribution >= 4 is 9.84 Å². The molecule has 0 saturated carbocycles. The second kappa shape index (κ2) is 6.56. The van der Waals surface area contributed by atoms with Crippen molar-refractivity contribution in [2.75, 3.05) is 12.9 Å². The van der Waals surface area contributed by atoms with E-state index in [1.54, 1.807) is 7.11 Å². The topological polar surface area (TPSA) is 81.4 Å². The molecule has 2 rings (SSSR count). The summed E-state index contributed by atoms with van der Waals surface area (Å²) in [5.74, 6) is 6.64. The van der Waals surface area contributed by atoms with Gasteiger partial charge in [-0.25, -0.2) is 8.42 Å². The second-order valence-electron chi connectivity index (χ2n) is 5.23. The van der Waals surface area contributed by atoms with E-state index in [0.29, 0.717) is 12.8 Å². The van der Waals surface area contributed by atoms with E-state index in [9.17, 15) is 8.42 Å². The minimum Gasteiger partial charge on any atom is -0.497 e. The van der Waals surface area contributed by atoms with Crippen LogP contribution in [0, 0.1) is 0 Å². The van der Waals surface area contributed by atoms with Crippen LogP contribution < -0.4 is 16.0 Å². The molecule has 2 unspecified atom stereocenters. The molecular weight excluding hydrogens is 276 g/mol. The number of rotatable bonds is 5. The van der Waals surface area contributed by atoms with Crippen LogP contribution in [0.3, 0.4) is 0 Å². The minimum absolute atomic E-state index is 0.257. The minimum atomic E-state index is -3.04. The molecule has 6 heteroatoms. The van der Waals surface area contributed by atoms with Crippen LogP contribution in [0.15, 0.2) is 24.3 Å². The van der Waals surface area contributed by atoms with Gasteiger partial charge in [0.05, 0.1) is 18.1 Å². The molecule has 0 radical (unpaired) electrons. The van der Waals surface area contributed by atoms with Crippen molar-refractivity contribution in [2.24, 2.45) is 5.84 Å². The maximum Gasteiger partial charge on any atom is 0.154 e. The van der Waals surface area contributed by atoms with Crippen LogP contribution in [0.25, 0.3) is 0 Å². The predicted molar refractivity (Wildman–Crippen MR) is 79.2 cm³/mol. The first-order valence-corrected chi connectivity index (χ1v) is 8.59. The van der Waals surface area contributed by atoms with Crippen molar-refractivity contribution in [3.63, 3.8) is 0 Å². The van der Waals surface area contributed by atoms with Crippen molar-refractivity contribution in [1.29, 1.82) is 0 Å². The Bertz CT molecular complexity index is 545. The van der Waals surface area contributed by atoms with E-state index < -0.39 is 15.1 Å². The highest BCUT2D eigenvalue weighted by Crippen LogP contribution is 2.24. The van der Waals surface area contributed by atoms with Crippen LogP contribution in [0.2, 0.25) is 0 Å². The standard InChI is InChI=1S/C14H22N2O3S/c1-19-12-6-4-5-11(9-12)10-13(16-15)14-7-2-3-8-20(14,17)18/h4-6,9,13-14,16H,2-3,7-8,10,15H2,1H3. The zero-order valence-corrected chi connectivity index (χ0v) is 12.5. The summed E-state index contributed by atoms with van der Waals surface area (Å²) in [5, 5.41) is -0.396. The lowest BCUT2D eigenvalue weighted by molar-refractivity contribution is 0.412. The zero-order chi connectivity index (χ0) is 14.6. The fraction of sp³-hybridized carbons (Fsp3) is 0.571. The van der Waals surface area contributed by atoms with Gasteiger partial charge in [-0.05, 0) is 37.0 Å². The lowest BCUT2D eigenvalue weighted by Gasteiger charge is -2.29. The van der Waals surface area contributed by atoms with Gasteiger partial charge in [0.25, 0.3) is 0 Å². The fourth-order valence-corrected chi connectivity index (χ4v) is 4.89. The highest BCUT2D eigenvalue weighted by molar-refractivity contribution is 7.92. The molecule has 1 aliphatic rings. The molecule has 1 heterocycles. The number of hydrogen-bond donors (Lipinski definition) is 2. The maximum absolute atomic E-state index is 12.2. The summed E-state index contributed by atoms with van der Waals surface area (Å²) in [7, 11) is -1.43. The SMILES string of the molecule is COc1cccc(CC(NN)C2CCCCS2(=O)=O)c1. The summed E-state index contributed by atoms with van der Waals surface area (Å²) < 4.78 is 29.5. The van der Waals surface area contributed by atoms with Crippen LogP contribution >= 0.6 is 0 Å². The third-order valence-corrected chi connectivity index (χ3v) is 6.23. The molecule has 0 aliphatic carbocycles. The van der Waals surface area contributed by atoms with Crippen molar-refractivity contribution in [3.8, 4) is 5.75 Å². The molecule has 1 aromatic carbocycles. The number of hydrazine groups is 1. The first-order valence-electron chi connectivity index (χ1n) is 6.87. The van der Waals surface area contributed by atoms with Gasteiger partial charge in [-0.15, -0.1) is 0 Å². The third kappa shape index (κ3) is 3.50. The summed E-state index contributed by atoms with van der Waals surface area (Å²) in [6.45, 7) is 0. The van der Waals surface area contributed by atoms with Gasteiger partial charge in [-0.3, -0.25) is 11.3 Å². The normalized spacial score (nSPS) is 23.2. The number of benzene rings is 1. The smallest absolute Gasteiger partial charge is 0.154 e. The van der Waals surface area contributed by atoms with Gasteiger partial charge in [0.15, 0.2) is 9.84 Å². The van der Waals surface area contributed by atoms with Gasteiger partial charge in [0, 0.05) is 6.04 Å². The molecule has 0 amide bonds. The van der Waals surface area contributed by atoms with Crippen LogP contribution in [0.4, 0.5) is 0 Å². The first kappa shape index (κ1) is 15.3. The Labute approximate surface area is 120 Å². The molecule has 1 saturated heterocycles. The molecular formula is C14H22N2O3S. The molecule has 112 valence electrons. The van der Waals surface area contributed by atoms with Crippen LogP contribution in [0.5, 0.6) is 5.75 Å². The zero-order valence-electron chi connectivity index (χ0n) is 11.7. The molecule has 2 atom stereocenters. The molecule has 1 aromatic rings. The Hall–Kier alpha value is -1.11. The Balaban J connectivity index is 2.15. The lowest BCUT2D eigenvalue weighted by Crippen LogP contribution is -2.50. The van der Waals surface area contributed by atoms with E-state index in [1.807, 2.05) is 24.3 Å². The molecule has 20 heavy (non-hydrogen) atoms. The number of sulfone groups is 1.